The quantitative estimate of drug-likeness (QED) is 0.808. The van der Waals surface area contributed by atoms with Crippen molar-refractivity contribution in [2.24, 2.45) is 5.92 Å². The third-order valence-electron chi connectivity index (χ3n) is 4.13. The van der Waals surface area contributed by atoms with Crippen LogP contribution in [0.5, 0.6) is 0 Å². The van der Waals surface area contributed by atoms with Crippen molar-refractivity contribution in [2.75, 3.05) is 18.8 Å². The van der Waals surface area contributed by atoms with E-state index in [0.717, 1.165) is 5.56 Å². The van der Waals surface area contributed by atoms with Crippen LogP contribution in [-0.4, -0.2) is 36.7 Å². The van der Waals surface area contributed by atoms with Crippen molar-refractivity contribution >= 4 is 21.6 Å². The van der Waals surface area contributed by atoms with Gasteiger partial charge in [-0.15, -0.1) is 6.58 Å². The number of rotatable bonds is 6. The van der Waals surface area contributed by atoms with E-state index in [9.17, 15) is 13.5 Å². The zero-order valence-electron chi connectivity index (χ0n) is 12.5. The summed E-state index contributed by atoms with van der Waals surface area (Å²) in [6, 6.07) is 7.16. The summed E-state index contributed by atoms with van der Waals surface area (Å²) < 4.78 is 25.8. The highest BCUT2D eigenvalue weighted by molar-refractivity contribution is 7.89. The highest BCUT2D eigenvalue weighted by atomic mass is 35.5. The zero-order chi connectivity index (χ0) is 16.2. The number of aliphatic hydroxyl groups is 1. The molecule has 0 amide bonds. The van der Waals surface area contributed by atoms with Gasteiger partial charge in [0, 0.05) is 18.1 Å². The van der Waals surface area contributed by atoms with E-state index < -0.39 is 16.1 Å². The Labute approximate surface area is 137 Å². The van der Waals surface area contributed by atoms with Crippen LogP contribution < -0.4 is 0 Å². The van der Waals surface area contributed by atoms with E-state index in [1.807, 2.05) is 12.1 Å². The Kier molecular flexibility index (Phi) is 6.03. The largest absolute Gasteiger partial charge is 0.388 e. The molecular weight excluding hydrogens is 322 g/mol. The lowest BCUT2D eigenvalue weighted by molar-refractivity contribution is 0.0760. The topological polar surface area (TPSA) is 57.6 Å². The minimum atomic E-state index is -3.20. The standard InChI is InChI=1S/C16H22ClNO3S/c1-2-3-12-22(20,21)18-10-8-14(9-11-18)16(19)13-4-6-15(17)7-5-13/h2,4-7,14,16,19H,1,3,8-12H2. The number of hydrogen-bond donors (Lipinski definition) is 1. The SMILES string of the molecule is C=CCCS(=O)(=O)N1CCC(C(O)c2ccc(Cl)cc2)CC1. The minimum absolute atomic E-state index is 0.0760. The maximum absolute atomic E-state index is 12.1. The summed E-state index contributed by atoms with van der Waals surface area (Å²) in [7, 11) is -3.20. The van der Waals surface area contributed by atoms with Gasteiger partial charge in [-0.1, -0.05) is 29.8 Å². The number of halogens is 1. The fraction of sp³-hybridized carbons (Fsp3) is 0.500. The molecular formula is C16H22ClNO3S. The summed E-state index contributed by atoms with van der Waals surface area (Å²) in [6.45, 7) is 4.49. The van der Waals surface area contributed by atoms with E-state index in [-0.39, 0.29) is 11.7 Å². The fourth-order valence-corrected chi connectivity index (χ4v) is 4.38. The van der Waals surface area contributed by atoms with Gasteiger partial charge in [0.2, 0.25) is 10.0 Å². The maximum atomic E-state index is 12.1. The van der Waals surface area contributed by atoms with Gasteiger partial charge >= 0.3 is 0 Å². The van der Waals surface area contributed by atoms with E-state index in [0.29, 0.717) is 37.4 Å². The average molecular weight is 344 g/mol. The second-order valence-corrected chi connectivity index (χ2v) is 8.15. The predicted molar refractivity (Wildman–Crippen MR) is 89.3 cm³/mol. The third-order valence-corrected chi connectivity index (χ3v) is 6.29. The van der Waals surface area contributed by atoms with Crippen molar-refractivity contribution in [3.8, 4) is 0 Å². The van der Waals surface area contributed by atoms with Crippen LogP contribution in [-0.2, 0) is 10.0 Å². The molecule has 0 aromatic heterocycles. The van der Waals surface area contributed by atoms with Crippen molar-refractivity contribution in [3.05, 3.63) is 47.5 Å². The van der Waals surface area contributed by atoms with Gasteiger partial charge in [-0.3, -0.25) is 0 Å². The normalized spacial score (nSPS) is 19.0. The first-order chi connectivity index (χ1) is 10.4. The number of nitrogens with zero attached hydrogens (tertiary/aromatic N) is 1. The highest BCUT2D eigenvalue weighted by Crippen LogP contribution is 2.32. The number of aliphatic hydroxyl groups excluding tert-OH is 1. The predicted octanol–water partition coefficient (Wildman–Crippen LogP) is 2.99. The number of benzene rings is 1. The van der Waals surface area contributed by atoms with Gasteiger partial charge < -0.3 is 5.11 Å². The second-order valence-electron chi connectivity index (χ2n) is 5.63. The molecule has 1 aliphatic heterocycles. The monoisotopic (exact) mass is 343 g/mol. The first kappa shape index (κ1) is 17.5. The molecule has 22 heavy (non-hydrogen) atoms. The maximum Gasteiger partial charge on any atom is 0.214 e. The van der Waals surface area contributed by atoms with Gasteiger partial charge in [0.05, 0.1) is 11.9 Å². The molecule has 1 aromatic carbocycles. The van der Waals surface area contributed by atoms with Crippen LogP contribution in [0, 0.1) is 5.92 Å². The Bertz CT molecular complexity index is 592. The summed E-state index contributed by atoms with van der Waals surface area (Å²) in [5.41, 5.74) is 0.831. The molecule has 1 fully saturated rings. The van der Waals surface area contributed by atoms with E-state index in [2.05, 4.69) is 6.58 Å². The van der Waals surface area contributed by atoms with Crippen LogP contribution in [0.15, 0.2) is 36.9 Å². The van der Waals surface area contributed by atoms with Crippen molar-refractivity contribution in [1.29, 1.82) is 0 Å². The van der Waals surface area contributed by atoms with Crippen LogP contribution in [0.2, 0.25) is 5.02 Å². The molecule has 0 spiro atoms. The molecule has 6 heteroatoms. The van der Waals surface area contributed by atoms with Crippen LogP contribution in [0.4, 0.5) is 0 Å². The van der Waals surface area contributed by atoms with Crippen molar-refractivity contribution in [3.63, 3.8) is 0 Å². The Hall–Kier alpha value is -0.880. The molecule has 1 atom stereocenters. The average Bonchev–Trinajstić information content (AvgIpc) is 2.53. The Balaban J connectivity index is 1.94. The Morgan fingerprint density at radius 2 is 1.91 bits per heavy atom. The van der Waals surface area contributed by atoms with Gasteiger partial charge in [-0.2, -0.15) is 0 Å². The van der Waals surface area contributed by atoms with E-state index in [1.54, 1.807) is 18.2 Å². The summed E-state index contributed by atoms with van der Waals surface area (Å²) in [5.74, 6) is 0.188. The van der Waals surface area contributed by atoms with Gasteiger partial charge in [-0.25, -0.2) is 12.7 Å². The number of piperidine rings is 1. The molecule has 2 rings (SSSR count). The van der Waals surface area contributed by atoms with Crippen LogP contribution >= 0.6 is 11.6 Å². The summed E-state index contributed by atoms with van der Waals surface area (Å²) in [5, 5.41) is 11.1. The number of sulfonamides is 1. The smallest absolute Gasteiger partial charge is 0.214 e. The van der Waals surface area contributed by atoms with Crippen molar-refractivity contribution in [2.45, 2.75) is 25.4 Å². The van der Waals surface area contributed by atoms with E-state index in [4.69, 9.17) is 11.6 Å². The fourth-order valence-electron chi connectivity index (χ4n) is 2.76. The van der Waals surface area contributed by atoms with Crippen LogP contribution in [0.25, 0.3) is 0 Å². The van der Waals surface area contributed by atoms with Crippen LogP contribution in [0.1, 0.15) is 30.9 Å². The highest BCUT2D eigenvalue weighted by Gasteiger charge is 2.31. The molecule has 1 N–H and O–H groups in total. The second kappa shape index (κ2) is 7.59. The molecule has 0 aliphatic carbocycles. The van der Waals surface area contributed by atoms with Gasteiger partial charge in [0.1, 0.15) is 0 Å². The molecule has 1 heterocycles. The lowest BCUT2D eigenvalue weighted by Crippen LogP contribution is -2.40. The molecule has 122 valence electrons. The molecule has 0 bridgehead atoms. The lowest BCUT2D eigenvalue weighted by Gasteiger charge is -2.33. The van der Waals surface area contributed by atoms with Crippen molar-refractivity contribution in [1.82, 2.24) is 4.31 Å². The summed E-state index contributed by atoms with van der Waals surface area (Å²) in [4.78, 5) is 0. The molecule has 1 aliphatic rings. The molecule has 4 nitrogen and oxygen atoms in total. The zero-order valence-corrected chi connectivity index (χ0v) is 14.1. The summed E-state index contributed by atoms with van der Waals surface area (Å²) in [6.07, 6.45) is 2.84. The minimum Gasteiger partial charge on any atom is -0.388 e. The third kappa shape index (κ3) is 4.32. The number of allylic oxidation sites excluding steroid dienone is 1. The Morgan fingerprint density at radius 1 is 1.32 bits per heavy atom. The van der Waals surface area contributed by atoms with Gasteiger partial charge in [0.25, 0.3) is 0 Å². The van der Waals surface area contributed by atoms with Crippen LogP contribution in [0.3, 0.4) is 0 Å². The molecule has 1 unspecified atom stereocenters. The molecule has 1 aromatic rings. The van der Waals surface area contributed by atoms with Gasteiger partial charge in [0.15, 0.2) is 0 Å². The Morgan fingerprint density at radius 3 is 2.45 bits per heavy atom. The first-order valence-electron chi connectivity index (χ1n) is 7.46. The molecule has 0 radical (unpaired) electrons. The van der Waals surface area contributed by atoms with Gasteiger partial charge in [-0.05, 0) is 42.9 Å². The van der Waals surface area contributed by atoms with Crippen molar-refractivity contribution < 1.29 is 13.5 Å². The first-order valence-corrected chi connectivity index (χ1v) is 9.45. The number of hydrogen-bond acceptors (Lipinski definition) is 3. The van der Waals surface area contributed by atoms with E-state index >= 15 is 0 Å². The molecule has 1 saturated heterocycles. The van der Waals surface area contributed by atoms with E-state index in [1.165, 1.54) is 4.31 Å². The molecule has 0 saturated carbocycles. The summed E-state index contributed by atoms with van der Waals surface area (Å²) >= 11 is 5.85. The lowest BCUT2D eigenvalue weighted by atomic mass is 9.88.